The molecule has 1 heterocycles. The minimum absolute atomic E-state index is 0.0308. The lowest BCUT2D eigenvalue weighted by molar-refractivity contribution is 0.102. The Labute approximate surface area is 127 Å². The molecule has 1 aromatic heterocycles. The lowest BCUT2D eigenvalue weighted by atomic mass is 10.1. The standard InChI is InChI=1S/C14H14ClNO4S/c1-8(2)14-11(15)12(16-20-14)13(17)9-6-4-5-7-10(9)21(3,18)19/h4-8H,1-3H3. The zero-order valence-electron chi connectivity index (χ0n) is 11.8. The summed E-state index contributed by atoms with van der Waals surface area (Å²) in [6.45, 7) is 3.70. The van der Waals surface area contributed by atoms with Crippen LogP contribution < -0.4 is 0 Å². The average molecular weight is 328 g/mol. The van der Waals surface area contributed by atoms with Crippen molar-refractivity contribution in [1.29, 1.82) is 0 Å². The van der Waals surface area contributed by atoms with Gasteiger partial charge in [-0.25, -0.2) is 8.42 Å². The molecule has 0 radical (unpaired) electrons. The fraction of sp³-hybridized carbons (Fsp3) is 0.286. The van der Waals surface area contributed by atoms with E-state index in [0.717, 1.165) is 6.26 Å². The molecule has 2 rings (SSSR count). The molecule has 0 saturated carbocycles. The van der Waals surface area contributed by atoms with Gasteiger partial charge in [-0.1, -0.05) is 42.7 Å². The van der Waals surface area contributed by atoms with E-state index >= 15 is 0 Å². The molecule has 1 aromatic carbocycles. The summed E-state index contributed by atoms with van der Waals surface area (Å²) in [6, 6.07) is 5.94. The predicted octanol–water partition coefficient (Wildman–Crippen LogP) is 3.09. The molecule has 21 heavy (non-hydrogen) atoms. The Hall–Kier alpha value is -1.66. The smallest absolute Gasteiger partial charge is 0.217 e. The first kappa shape index (κ1) is 15.7. The topological polar surface area (TPSA) is 77.2 Å². The molecule has 112 valence electrons. The summed E-state index contributed by atoms with van der Waals surface area (Å²) in [7, 11) is -3.53. The van der Waals surface area contributed by atoms with Gasteiger partial charge in [-0.3, -0.25) is 4.79 Å². The summed E-state index contributed by atoms with van der Waals surface area (Å²) in [4.78, 5) is 12.4. The van der Waals surface area contributed by atoms with Crippen LogP contribution in [0.4, 0.5) is 0 Å². The van der Waals surface area contributed by atoms with Crippen LogP contribution in [-0.2, 0) is 9.84 Å². The van der Waals surface area contributed by atoms with Crippen LogP contribution >= 0.6 is 11.6 Å². The van der Waals surface area contributed by atoms with Crippen LogP contribution in [0, 0.1) is 0 Å². The SMILES string of the molecule is CC(C)c1onc(C(=O)c2ccccc2S(C)(=O)=O)c1Cl. The number of hydrogen-bond donors (Lipinski definition) is 0. The number of halogens is 1. The van der Waals surface area contributed by atoms with Crippen molar-refractivity contribution >= 4 is 27.2 Å². The van der Waals surface area contributed by atoms with Crippen LogP contribution in [0.1, 0.15) is 41.6 Å². The van der Waals surface area contributed by atoms with Crippen LogP contribution in [0.15, 0.2) is 33.7 Å². The van der Waals surface area contributed by atoms with Crippen LogP contribution in [0.25, 0.3) is 0 Å². The minimum atomic E-state index is -3.53. The van der Waals surface area contributed by atoms with Crippen molar-refractivity contribution in [1.82, 2.24) is 5.16 Å². The van der Waals surface area contributed by atoms with E-state index in [2.05, 4.69) is 5.16 Å². The minimum Gasteiger partial charge on any atom is -0.359 e. The molecule has 0 spiro atoms. The number of ketones is 1. The Bertz CT molecular complexity index is 793. The lowest BCUT2D eigenvalue weighted by Gasteiger charge is -2.05. The molecule has 0 amide bonds. The van der Waals surface area contributed by atoms with Gasteiger partial charge < -0.3 is 4.52 Å². The van der Waals surface area contributed by atoms with Gasteiger partial charge in [0, 0.05) is 17.7 Å². The van der Waals surface area contributed by atoms with Crippen molar-refractivity contribution in [2.24, 2.45) is 0 Å². The molecule has 0 bridgehead atoms. The molecule has 0 atom stereocenters. The maximum Gasteiger partial charge on any atom is 0.217 e. The van der Waals surface area contributed by atoms with Gasteiger partial charge in [0.05, 0.1) is 4.90 Å². The number of carbonyl (C=O) groups is 1. The molecule has 5 nitrogen and oxygen atoms in total. The highest BCUT2D eigenvalue weighted by atomic mass is 35.5. The lowest BCUT2D eigenvalue weighted by Crippen LogP contribution is -2.10. The number of benzene rings is 1. The van der Waals surface area contributed by atoms with Gasteiger partial charge in [0.1, 0.15) is 5.02 Å². The zero-order chi connectivity index (χ0) is 15.8. The number of sulfone groups is 1. The van der Waals surface area contributed by atoms with E-state index in [1.807, 2.05) is 13.8 Å². The van der Waals surface area contributed by atoms with E-state index in [9.17, 15) is 13.2 Å². The van der Waals surface area contributed by atoms with Crippen molar-refractivity contribution in [3.8, 4) is 0 Å². The summed E-state index contributed by atoms with van der Waals surface area (Å²) in [6.07, 6.45) is 1.04. The van der Waals surface area contributed by atoms with Crippen LogP contribution in [0.2, 0.25) is 5.02 Å². The fourth-order valence-electron chi connectivity index (χ4n) is 1.90. The van der Waals surface area contributed by atoms with Crippen LogP contribution in [-0.4, -0.2) is 25.6 Å². The molecular weight excluding hydrogens is 314 g/mol. The Kier molecular flexibility index (Phi) is 4.20. The molecule has 0 aliphatic carbocycles. The molecular formula is C14H14ClNO4S. The summed E-state index contributed by atoms with van der Waals surface area (Å²) in [5.41, 5.74) is -0.0398. The van der Waals surface area contributed by atoms with E-state index in [4.69, 9.17) is 16.1 Å². The Balaban J connectivity index is 2.57. The van der Waals surface area contributed by atoms with Crippen LogP contribution in [0.5, 0.6) is 0 Å². The van der Waals surface area contributed by atoms with E-state index in [-0.39, 0.29) is 27.1 Å². The molecule has 0 aliphatic rings. The van der Waals surface area contributed by atoms with E-state index in [0.29, 0.717) is 5.76 Å². The largest absolute Gasteiger partial charge is 0.359 e. The van der Waals surface area contributed by atoms with Crippen LogP contribution in [0.3, 0.4) is 0 Å². The second-order valence-electron chi connectivity index (χ2n) is 4.96. The first-order chi connectivity index (χ1) is 9.73. The second kappa shape index (κ2) is 5.61. The average Bonchev–Trinajstić information content (AvgIpc) is 2.79. The Morgan fingerprint density at radius 1 is 1.29 bits per heavy atom. The molecule has 0 unspecified atom stereocenters. The highest BCUT2D eigenvalue weighted by molar-refractivity contribution is 7.90. The Morgan fingerprint density at radius 2 is 1.90 bits per heavy atom. The number of carbonyl (C=O) groups excluding carboxylic acids is 1. The monoisotopic (exact) mass is 327 g/mol. The number of hydrogen-bond acceptors (Lipinski definition) is 5. The van der Waals surface area contributed by atoms with Gasteiger partial charge in [0.2, 0.25) is 5.78 Å². The fourth-order valence-corrected chi connectivity index (χ4v) is 3.16. The summed E-state index contributed by atoms with van der Waals surface area (Å²) < 4.78 is 28.6. The highest BCUT2D eigenvalue weighted by Crippen LogP contribution is 2.30. The molecule has 0 N–H and O–H groups in total. The van der Waals surface area contributed by atoms with Gasteiger partial charge in [0.15, 0.2) is 21.3 Å². The zero-order valence-corrected chi connectivity index (χ0v) is 13.3. The molecule has 0 saturated heterocycles. The van der Waals surface area contributed by atoms with Crippen molar-refractivity contribution in [3.05, 3.63) is 46.3 Å². The summed E-state index contributed by atoms with van der Waals surface area (Å²) >= 11 is 6.10. The number of nitrogens with zero attached hydrogens (tertiary/aromatic N) is 1. The highest BCUT2D eigenvalue weighted by Gasteiger charge is 2.26. The van der Waals surface area contributed by atoms with Crippen molar-refractivity contribution < 1.29 is 17.7 Å². The molecule has 2 aromatic rings. The summed E-state index contributed by atoms with van der Waals surface area (Å²) in [5, 5.41) is 3.81. The molecule has 0 fully saturated rings. The normalized spacial score (nSPS) is 11.9. The molecule has 7 heteroatoms. The van der Waals surface area contributed by atoms with E-state index in [1.165, 1.54) is 12.1 Å². The number of rotatable bonds is 4. The second-order valence-corrected chi connectivity index (χ2v) is 7.32. The van der Waals surface area contributed by atoms with Crippen molar-refractivity contribution in [3.63, 3.8) is 0 Å². The van der Waals surface area contributed by atoms with E-state index in [1.54, 1.807) is 12.1 Å². The predicted molar refractivity (Wildman–Crippen MR) is 78.6 cm³/mol. The molecule has 0 aliphatic heterocycles. The van der Waals surface area contributed by atoms with Crippen molar-refractivity contribution in [2.75, 3.05) is 6.26 Å². The summed E-state index contributed by atoms with van der Waals surface area (Å²) in [5.74, 6) is -0.203. The van der Waals surface area contributed by atoms with Gasteiger partial charge in [-0.05, 0) is 12.1 Å². The maximum absolute atomic E-state index is 12.5. The third kappa shape index (κ3) is 3.01. The first-order valence-corrected chi connectivity index (χ1v) is 8.49. The third-order valence-corrected chi connectivity index (χ3v) is 4.45. The van der Waals surface area contributed by atoms with Gasteiger partial charge in [-0.2, -0.15) is 0 Å². The van der Waals surface area contributed by atoms with Gasteiger partial charge in [-0.15, -0.1) is 0 Å². The first-order valence-electron chi connectivity index (χ1n) is 6.22. The quantitative estimate of drug-likeness (QED) is 0.806. The Morgan fingerprint density at radius 3 is 2.43 bits per heavy atom. The van der Waals surface area contributed by atoms with Crippen molar-refractivity contribution in [2.45, 2.75) is 24.7 Å². The maximum atomic E-state index is 12.5. The van der Waals surface area contributed by atoms with E-state index < -0.39 is 15.6 Å². The number of aromatic nitrogens is 1. The third-order valence-electron chi connectivity index (χ3n) is 2.93. The van der Waals surface area contributed by atoms with Gasteiger partial charge in [0.25, 0.3) is 0 Å². The van der Waals surface area contributed by atoms with Gasteiger partial charge >= 0.3 is 0 Å².